The molecule has 1 heterocycles. The fourth-order valence-corrected chi connectivity index (χ4v) is 1.98. The van der Waals surface area contributed by atoms with Gasteiger partial charge < -0.3 is 20.8 Å². The molecule has 0 saturated carbocycles. The van der Waals surface area contributed by atoms with Gasteiger partial charge in [0.05, 0.1) is 6.26 Å². The topological polar surface area (TPSA) is 114 Å². The summed E-state index contributed by atoms with van der Waals surface area (Å²) in [6, 6.07) is 10.9. The van der Waals surface area contributed by atoms with E-state index < -0.39 is 23.8 Å². The van der Waals surface area contributed by atoms with E-state index in [0.29, 0.717) is 5.56 Å². The van der Waals surface area contributed by atoms with E-state index in [1.807, 2.05) is 0 Å². The molecule has 0 radical (unpaired) electrons. The summed E-state index contributed by atoms with van der Waals surface area (Å²) in [5.41, 5.74) is 5.93. The summed E-state index contributed by atoms with van der Waals surface area (Å²) in [6.07, 6.45) is 1.40. The third-order valence-electron chi connectivity index (χ3n) is 3.11. The Hall–Kier alpha value is -3.09. The van der Waals surface area contributed by atoms with Gasteiger partial charge >= 0.3 is 0 Å². The molecular weight excluding hydrogens is 298 g/mol. The summed E-state index contributed by atoms with van der Waals surface area (Å²) in [6.45, 7) is 0.117. The van der Waals surface area contributed by atoms with Crippen molar-refractivity contribution in [3.8, 4) is 0 Å². The number of furan rings is 1. The maximum Gasteiger partial charge on any atom is 0.286 e. The van der Waals surface area contributed by atoms with E-state index in [1.54, 1.807) is 36.4 Å². The molecule has 3 amide bonds. The van der Waals surface area contributed by atoms with E-state index in [4.69, 9.17) is 10.2 Å². The lowest BCUT2D eigenvalue weighted by molar-refractivity contribution is -0.127. The van der Waals surface area contributed by atoms with Gasteiger partial charge in [-0.25, -0.2) is 0 Å². The molecule has 0 spiro atoms. The second-order valence-corrected chi connectivity index (χ2v) is 4.80. The van der Waals surface area contributed by atoms with Crippen LogP contribution in [0.4, 0.5) is 0 Å². The molecule has 0 aliphatic rings. The van der Waals surface area contributed by atoms with Crippen LogP contribution in [0.3, 0.4) is 0 Å². The van der Waals surface area contributed by atoms with Crippen LogP contribution in [0.1, 0.15) is 28.6 Å². The van der Waals surface area contributed by atoms with Crippen LogP contribution in [0.25, 0.3) is 0 Å². The molecule has 23 heavy (non-hydrogen) atoms. The van der Waals surface area contributed by atoms with Crippen LogP contribution < -0.4 is 16.4 Å². The van der Waals surface area contributed by atoms with Gasteiger partial charge in [-0.3, -0.25) is 14.4 Å². The van der Waals surface area contributed by atoms with Crippen molar-refractivity contribution in [3.63, 3.8) is 0 Å². The summed E-state index contributed by atoms with van der Waals surface area (Å²) in [7, 11) is 0. The average Bonchev–Trinajstić information content (AvgIpc) is 3.07. The molecule has 1 aromatic carbocycles. The number of rotatable bonds is 7. The predicted octanol–water partition coefficient (Wildman–Crippen LogP) is 0.742. The third-order valence-corrected chi connectivity index (χ3v) is 3.11. The Kier molecular flexibility index (Phi) is 5.51. The lowest BCUT2D eigenvalue weighted by Crippen LogP contribution is -2.39. The molecule has 0 aliphatic carbocycles. The van der Waals surface area contributed by atoms with Crippen molar-refractivity contribution in [2.75, 3.05) is 6.54 Å². The van der Waals surface area contributed by atoms with E-state index in [-0.39, 0.29) is 18.7 Å². The van der Waals surface area contributed by atoms with Gasteiger partial charge in [-0.2, -0.15) is 0 Å². The highest BCUT2D eigenvalue weighted by Gasteiger charge is 2.19. The molecule has 4 N–H and O–H groups in total. The van der Waals surface area contributed by atoms with Gasteiger partial charge in [0.25, 0.3) is 5.91 Å². The third kappa shape index (κ3) is 4.70. The molecule has 1 atom stereocenters. The number of amides is 3. The summed E-state index contributed by atoms with van der Waals surface area (Å²) < 4.78 is 4.93. The second-order valence-electron chi connectivity index (χ2n) is 4.80. The van der Waals surface area contributed by atoms with Crippen LogP contribution >= 0.6 is 0 Å². The van der Waals surface area contributed by atoms with Crippen molar-refractivity contribution in [1.29, 1.82) is 0 Å². The number of carbonyl (C=O) groups is 3. The minimum absolute atomic E-state index is 0.0169. The number of nitrogens with one attached hydrogen (secondary N) is 2. The standard InChI is InChI=1S/C16H17N3O4/c17-15(21)14(11-5-2-1-3-6-11)19-13(20)8-9-18-16(22)12-7-4-10-23-12/h1-7,10,14H,8-9H2,(H2,17,21)(H,18,22)(H,19,20). The molecule has 0 fully saturated rings. The predicted molar refractivity (Wildman–Crippen MR) is 82.2 cm³/mol. The van der Waals surface area contributed by atoms with Gasteiger partial charge in [0.2, 0.25) is 11.8 Å². The highest BCUT2D eigenvalue weighted by Crippen LogP contribution is 2.11. The van der Waals surface area contributed by atoms with Crippen LogP contribution in [-0.4, -0.2) is 24.3 Å². The molecule has 1 aromatic heterocycles. The van der Waals surface area contributed by atoms with Gasteiger partial charge in [0.15, 0.2) is 5.76 Å². The molecule has 0 bridgehead atoms. The van der Waals surface area contributed by atoms with Crippen LogP contribution in [0.15, 0.2) is 53.1 Å². The van der Waals surface area contributed by atoms with Crippen LogP contribution in [0.5, 0.6) is 0 Å². The number of hydrogen-bond donors (Lipinski definition) is 3. The first-order valence-electron chi connectivity index (χ1n) is 7.03. The average molecular weight is 315 g/mol. The minimum Gasteiger partial charge on any atom is -0.459 e. The first-order chi connectivity index (χ1) is 11.1. The molecule has 7 heteroatoms. The Morgan fingerprint density at radius 1 is 1.09 bits per heavy atom. The lowest BCUT2D eigenvalue weighted by atomic mass is 10.1. The Labute approximate surface area is 132 Å². The fraction of sp³-hybridized carbons (Fsp3) is 0.188. The molecule has 0 aliphatic heterocycles. The number of carbonyl (C=O) groups excluding carboxylic acids is 3. The molecule has 1 unspecified atom stereocenters. The maximum atomic E-state index is 11.9. The summed E-state index contributed by atoms with van der Waals surface area (Å²) >= 11 is 0. The fourth-order valence-electron chi connectivity index (χ4n) is 1.98. The Morgan fingerprint density at radius 3 is 2.43 bits per heavy atom. The molecule has 2 aromatic rings. The zero-order chi connectivity index (χ0) is 16.7. The summed E-state index contributed by atoms with van der Waals surface area (Å²) in [4.78, 5) is 35.0. The quantitative estimate of drug-likeness (QED) is 0.699. The van der Waals surface area contributed by atoms with Gasteiger partial charge in [-0.1, -0.05) is 30.3 Å². The highest BCUT2D eigenvalue weighted by atomic mass is 16.3. The Balaban J connectivity index is 1.83. The van der Waals surface area contributed by atoms with Crippen LogP contribution in [0, 0.1) is 0 Å². The first kappa shape index (κ1) is 16.3. The van der Waals surface area contributed by atoms with Crippen LogP contribution in [0.2, 0.25) is 0 Å². The molecule has 120 valence electrons. The van der Waals surface area contributed by atoms with Crippen molar-refractivity contribution in [2.45, 2.75) is 12.5 Å². The number of hydrogen-bond acceptors (Lipinski definition) is 4. The first-order valence-corrected chi connectivity index (χ1v) is 7.03. The zero-order valence-electron chi connectivity index (χ0n) is 12.3. The van der Waals surface area contributed by atoms with Crippen molar-refractivity contribution < 1.29 is 18.8 Å². The normalized spacial score (nSPS) is 11.5. The van der Waals surface area contributed by atoms with Gasteiger partial charge in [-0.05, 0) is 17.7 Å². The maximum absolute atomic E-state index is 11.9. The number of nitrogens with two attached hydrogens (primary N) is 1. The minimum atomic E-state index is -0.899. The SMILES string of the molecule is NC(=O)C(NC(=O)CCNC(=O)c1ccco1)c1ccccc1. The summed E-state index contributed by atoms with van der Waals surface area (Å²) in [5, 5.41) is 5.10. The van der Waals surface area contributed by atoms with E-state index in [2.05, 4.69) is 10.6 Å². The van der Waals surface area contributed by atoms with E-state index in [9.17, 15) is 14.4 Å². The van der Waals surface area contributed by atoms with Gasteiger partial charge in [0.1, 0.15) is 6.04 Å². The molecule has 7 nitrogen and oxygen atoms in total. The number of primary amides is 1. The molecular formula is C16H17N3O4. The van der Waals surface area contributed by atoms with E-state index >= 15 is 0 Å². The lowest BCUT2D eigenvalue weighted by Gasteiger charge is -2.15. The Morgan fingerprint density at radius 2 is 1.83 bits per heavy atom. The van der Waals surface area contributed by atoms with Crippen molar-refractivity contribution in [1.82, 2.24) is 10.6 Å². The monoisotopic (exact) mass is 315 g/mol. The van der Waals surface area contributed by atoms with Gasteiger partial charge in [-0.15, -0.1) is 0 Å². The summed E-state index contributed by atoms with van der Waals surface area (Å²) in [5.74, 6) is -1.27. The van der Waals surface area contributed by atoms with Crippen molar-refractivity contribution in [2.24, 2.45) is 5.73 Å². The number of benzene rings is 1. The van der Waals surface area contributed by atoms with Crippen molar-refractivity contribution >= 4 is 17.7 Å². The Bertz CT molecular complexity index is 668. The second kappa shape index (κ2) is 7.79. The highest BCUT2D eigenvalue weighted by molar-refractivity contribution is 5.92. The largest absolute Gasteiger partial charge is 0.459 e. The molecule has 2 rings (SSSR count). The molecule has 0 saturated heterocycles. The van der Waals surface area contributed by atoms with Crippen molar-refractivity contribution in [3.05, 3.63) is 60.1 Å². The van der Waals surface area contributed by atoms with E-state index in [1.165, 1.54) is 12.3 Å². The van der Waals surface area contributed by atoms with Crippen LogP contribution in [-0.2, 0) is 9.59 Å². The van der Waals surface area contributed by atoms with Gasteiger partial charge in [0, 0.05) is 13.0 Å². The van der Waals surface area contributed by atoms with E-state index in [0.717, 1.165) is 0 Å². The zero-order valence-corrected chi connectivity index (χ0v) is 12.3. The smallest absolute Gasteiger partial charge is 0.286 e.